The van der Waals surface area contributed by atoms with Crippen LogP contribution in [-0.4, -0.2) is 26.4 Å². The van der Waals surface area contributed by atoms with Gasteiger partial charge in [0, 0.05) is 19.1 Å². The Morgan fingerprint density at radius 3 is 2.89 bits per heavy atom. The molecular weight excluding hydrogens is 250 g/mol. The summed E-state index contributed by atoms with van der Waals surface area (Å²) in [5.74, 6) is 0.912. The van der Waals surface area contributed by atoms with Crippen molar-refractivity contribution in [3.05, 3.63) is 28.8 Å². The van der Waals surface area contributed by atoms with Crippen LogP contribution in [0.2, 0.25) is 5.02 Å². The van der Waals surface area contributed by atoms with E-state index in [2.05, 4.69) is 0 Å². The van der Waals surface area contributed by atoms with Crippen molar-refractivity contribution in [2.24, 2.45) is 5.73 Å². The third kappa shape index (κ3) is 2.97. The van der Waals surface area contributed by atoms with Gasteiger partial charge in [0.2, 0.25) is 0 Å². The quantitative estimate of drug-likeness (QED) is 0.914. The Kier molecular flexibility index (Phi) is 4.87. The summed E-state index contributed by atoms with van der Waals surface area (Å²) in [5, 5.41) is 0.629. The van der Waals surface area contributed by atoms with Crippen LogP contribution in [0.5, 0.6) is 5.75 Å². The lowest BCUT2D eigenvalue weighted by Gasteiger charge is -2.30. The zero-order chi connectivity index (χ0) is 13.0. The maximum atomic E-state index is 6.16. The molecule has 100 valence electrons. The number of methoxy groups -OCH3 is 1. The average molecular weight is 270 g/mol. The molecule has 2 rings (SSSR count). The second-order valence-corrected chi connectivity index (χ2v) is 5.05. The topological polar surface area (TPSA) is 44.5 Å². The van der Waals surface area contributed by atoms with Gasteiger partial charge in [-0.1, -0.05) is 17.7 Å². The lowest BCUT2D eigenvalue weighted by molar-refractivity contribution is 0.000576. The second-order valence-electron chi connectivity index (χ2n) is 4.64. The monoisotopic (exact) mass is 269 g/mol. The molecule has 3 nitrogen and oxygen atoms in total. The van der Waals surface area contributed by atoms with Crippen LogP contribution >= 0.6 is 11.6 Å². The summed E-state index contributed by atoms with van der Waals surface area (Å²) in [6.45, 7) is 1.42. The van der Waals surface area contributed by atoms with Crippen LogP contribution in [0, 0.1) is 0 Å². The molecule has 2 N–H and O–H groups in total. The fraction of sp³-hybridized carbons (Fsp3) is 0.571. The van der Waals surface area contributed by atoms with Gasteiger partial charge < -0.3 is 15.2 Å². The molecule has 0 radical (unpaired) electrons. The van der Waals surface area contributed by atoms with Gasteiger partial charge in [-0.05, 0) is 37.0 Å². The van der Waals surface area contributed by atoms with Crippen LogP contribution in [0.4, 0.5) is 0 Å². The predicted octanol–water partition coefficient (Wildman–Crippen LogP) is 2.96. The minimum Gasteiger partial charge on any atom is -0.495 e. The minimum atomic E-state index is 0.216. The van der Waals surface area contributed by atoms with E-state index in [4.69, 9.17) is 26.8 Å². The Labute approximate surface area is 113 Å². The van der Waals surface area contributed by atoms with Crippen LogP contribution < -0.4 is 10.5 Å². The number of hydrogen-bond acceptors (Lipinski definition) is 3. The standard InChI is InChI=1S/C14H20ClNO2/c1-17-14-6-5-10(8-12(14)15)11(9-16)13-4-2-3-7-18-13/h5-6,8,11,13H,2-4,7,9,16H2,1H3. The summed E-state index contributed by atoms with van der Waals surface area (Å²) in [4.78, 5) is 0. The highest BCUT2D eigenvalue weighted by Gasteiger charge is 2.25. The largest absolute Gasteiger partial charge is 0.495 e. The smallest absolute Gasteiger partial charge is 0.137 e. The first-order valence-electron chi connectivity index (χ1n) is 6.41. The summed E-state index contributed by atoms with van der Waals surface area (Å²) >= 11 is 6.16. The summed E-state index contributed by atoms with van der Waals surface area (Å²) in [5.41, 5.74) is 7.04. The van der Waals surface area contributed by atoms with E-state index in [0.29, 0.717) is 17.3 Å². The molecule has 0 aromatic heterocycles. The van der Waals surface area contributed by atoms with Gasteiger partial charge in [-0.3, -0.25) is 0 Å². The van der Waals surface area contributed by atoms with E-state index < -0.39 is 0 Å². The van der Waals surface area contributed by atoms with E-state index in [1.807, 2.05) is 18.2 Å². The third-order valence-corrected chi connectivity index (χ3v) is 3.82. The van der Waals surface area contributed by atoms with Gasteiger partial charge in [0.05, 0.1) is 18.2 Å². The fourth-order valence-corrected chi connectivity index (χ4v) is 2.76. The van der Waals surface area contributed by atoms with Gasteiger partial charge >= 0.3 is 0 Å². The van der Waals surface area contributed by atoms with Crippen LogP contribution in [0.3, 0.4) is 0 Å². The van der Waals surface area contributed by atoms with E-state index >= 15 is 0 Å². The lowest BCUT2D eigenvalue weighted by Crippen LogP contribution is -2.31. The van der Waals surface area contributed by atoms with Gasteiger partial charge in [0.15, 0.2) is 0 Å². The first-order chi connectivity index (χ1) is 8.76. The maximum Gasteiger partial charge on any atom is 0.137 e. The molecule has 1 aliphatic heterocycles. The zero-order valence-electron chi connectivity index (χ0n) is 10.7. The summed E-state index contributed by atoms with van der Waals surface area (Å²) in [6, 6.07) is 5.86. The van der Waals surface area contributed by atoms with Crippen molar-refractivity contribution in [1.82, 2.24) is 0 Å². The Balaban J connectivity index is 2.18. The molecule has 0 bridgehead atoms. The molecule has 1 heterocycles. The van der Waals surface area contributed by atoms with Crippen molar-refractivity contribution in [2.75, 3.05) is 20.3 Å². The molecule has 0 spiro atoms. The van der Waals surface area contributed by atoms with E-state index in [1.165, 1.54) is 6.42 Å². The van der Waals surface area contributed by atoms with Crippen LogP contribution in [0.1, 0.15) is 30.7 Å². The van der Waals surface area contributed by atoms with Crippen LogP contribution in [-0.2, 0) is 4.74 Å². The molecule has 0 amide bonds. The van der Waals surface area contributed by atoms with Crippen molar-refractivity contribution < 1.29 is 9.47 Å². The highest BCUT2D eigenvalue weighted by molar-refractivity contribution is 6.32. The molecular formula is C14H20ClNO2. The second kappa shape index (κ2) is 6.41. The van der Waals surface area contributed by atoms with E-state index in [-0.39, 0.29) is 12.0 Å². The molecule has 0 saturated carbocycles. The minimum absolute atomic E-state index is 0.216. The summed E-state index contributed by atoms with van der Waals surface area (Å²) < 4.78 is 11.0. The number of ether oxygens (including phenoxy) is 2. The van der Waals surface area contributed by atoms with Gasteiger partial charge in [-0.15, -0.1) is 0 Å². The summed E-state index contributed by atoms with van der Waals surface area (Å²) in [6.07, 6.45) is 3.65. The van der Waals surface area contributed by atoms with Crippen molar-refractivity contribution in [2.45, 2.75) is 31.3 Å². The number of nitrogens with two attached hydrogens (primary N) is 1. The van der Waals surface area contributed by atoms with Gasteiger partial charge in [-0.25, -0.2) is 0 Å². The average Bonchev–Trinajstić information content (AvgIpc) is 2.41. The van der Waals surface area contributed by atoms with Crippen molar-refractivity contribution in [1.29, 1.82) is 0 Å². The molecule has 4 heteroatoms. The fourth-order valence-electron chi connectivity index (χ4n) is 2.50. The van der Waals surface area contributed by atoms with E-state index in [9.17, 15) is 0 Å². The van der Waals surface area contributed by atoms with Gasteiger partial charge in [-0.2, -0.15) is 0 Å². The highest BCUT2D eigenvalue weighted by atomic mass is 35.5. The molecule has 2 unspecified atom stereocenters. The molecule has 1 aromatic rings. The molecule has 1 fully saturated rings. The first kappa shape index (κ1) is 13.7. The Bertz CT molecular complexity index is 391. The summed E-state index contributed by atoms with van der Waals surface area (Å²) in [7, 11) is 1.62. The van der Waals surface area contributed by atoms with Crippen LogP contribution in [0.15, 0.2) is 18.2 Å². The Morgan fingerprint density at radius 1 is 1.50 bits per heavy atom. The highest BCUT2D eigenvalue weighted by Crippen LogP contribution is 2.32. The molecule has 2 atom stereocenters. The van der Waals surface area contributed by atoms with Crippen LogP contribution in [0.25, 0.3) is 0 Å². The van der Waals surface area contributed by atoms with Gasteiger partial charge in [0.1, 0.15) is 5.75 Å². The first-order valence-corrected chi connectivity index (χ1v) is 6.79. The number of halogens is 1. The zero-order valence-corrected chi connectivity index (χ0v) is 11.5. The van der Waals surface area contributed by atoms with Crippen molar-refractivity contribution >= 4 is 11.6 Å². The number of benzene rings is 1. The molecule has 1 aliphatic rings. The lowest BCUT2D eigenvalue weighted by atomic mass is 9.89. The maximum absolute atomic E-state index is 6.16. The Hall–Kier alpha value is -0.770. The van der Waals surface area contributed by atoms with Crippen molar-refractivity contribution in [3.63, 3.8) is 0 Å². The molecule has 1 saturated heterocycles. The number of rotatable bonds is 4. The Morgan fingerprint density at radius 2 is 2.33 bits per heavy atom. The third-order valence-electron chi connectivity index (χ3n) is 3.52. The molecule has 0 aliphatic carbocycles. The van der Waals surface area contributed by atoms with Gasteiger partial charge in [0.25, 0.3) is 0 Å². The molecule has 1 aromatic carbocycles. The SMILES string of the molecule is COc1ccc(C(CN)C2CCCCO2)cc1Cl. The van der Waals surface area contributed by atoms with E-state index in [1.54, 1.807) is 7.11 Å². The predicted molar refractivity (Wildman–Crippen MR) is 73.4 cm³/mol. The number of hydrogen-bond donors (Lipinski definition) is 1. The van der Waals surface area contributed by atoms with Crippen molar-refractivity contribution in [3.8, 4) is 5.75 Å². The molecule has 18 heavy (non-hydrogen) atoms. The van der Waals surface area contributed by atoms with E-state index in [0.717, 1.165) is 25.0 Å². The normalized spacial score (nSPS) is 21.6.